The zero-order chi connectivity index (χ0) is 17.0. The summed E-state index contributed by atoms with van der Waals surface area (Å²) in [5, 5.41) is 2.87. The van der Waals surface area contributed by atoms with Gasteiger partial charge in [0.15, 0.2) is 0 Å². The molecule has 0 aromatic heterocycles. The summed E-state index contributed by atoms with van der Waals surface area (Å²) in [6, 6.07) is 0.316. The number of likely N-dealkylation sites (tertiary alicyclic amines) is 1. The average molecular weight is 336 g/mol. The van der Waals surface area contributed by atoms with E-state index < -0.39 is 21.8 Å². The van der Waals surface area contributed by atoms with Crippen LogP contribution in [-0.4, -0.2) is 61.0 Å². The van der Waals surface area contributed by atoms with E-state index in [1.54, 1.807) is 0 Å². The van der Waals surface area contributed by atoms with Gasteiger partial charge in [-0.15, -0.1) is 0 Å². The minimum Gasteiger partial charge on any atom is -0.444 e. The highest BCUT2D eigenvalue weighted by Gasteiger charge is 2.28. The first-order valence-corrected chi connectivity index (χ1v) is 9.22. The molecule has 22 heavy (non-hydrogen) atoms. The van der Waals surface area contributed by atoms with Crippen LogP contribution < -0.4 is 5.32 Å². The van der Waals surface area contributed by atoms with Crippen molar-refractivity contribution < 1.29 is 22.5 Å². The lowest BCUT2D eigenvalue weighted by atomic mass is 9.96. The molecule has 0 bridgehead atoms. The molecule has 1 saturated heterocycles. The summed E-state index contributed by atoms with van der Waals surface area (Å²) in [7, 11) is -1.92. The standard InChI is InChI=1S/C14H28N2O5S/c1-14(2,3)21-13(17)15-11-7-8-12(16(4)10-11)6-5-9-22(18,19)20/h11-12H,5-10H2,1-4H3,(H,15,17)(H,18,19,20). The molecule has 2 unspecified atom stereocenters. The number of ether oxygens (including phenoxy) is 1. The van der Waals surface area contributed by atoms with E-state index in [0.29, 0.717) is 13.0 Å². The first-order valence-electron chi connectivity index (χ1n) is 7.61. The van der Waals surface area contributed by atoms with Gasteiger partial charge in [-0.2, -0.15) is 8.42 Å². The Kier molecular flexibility index (Phi) is 6.64. The number of carbonyl (C=O) groups is 1. The van der Waals surface area contributed by atoms with Crippen molar-refractivity contribution in [1.29, 1.82) is 0 Å². The Morgan fingerprint density at radius 3 is 2.50 bits per heavy atom. The molecule has 1 rings (SSSR count). The maximum Gasteiger partial charge on any atom is 0.407 e. The Labute approximate surface area is 133 Å². The van der Waals surface area contributed by atoms with Crippen molar-refractivity contribution in [2.24, 2.45) is 0 Å². The molecule has 2 atom stereocenters. The predicted molar refractivity (Wildman–Crippen MR) is 84.5 cm³/mol. The van der Waals surface area contributed by atoms with E-state index in [1.165, 1.54) is 0 Å². The molecule has 1 heterocycles. The van der Waals surface area contributed by atoms with Crippen LogP contribution in [0.2, 0.25) is 0 Å². The van der Waals surface area contributed by atoms with Crippen LogP contribution in [0.25, 0.3) is 0 Å². The second-order valence-corrected chi connectivity index (χ2v) is 8.51. The molecular formula is C14H28N2O5S. The van der Waals surface area contributed by atoms with Crippen LogP contribution >= 0.6 is 0 Å². The first-order chi connectivity index (χ1) is 9.96. The molecule has 1 aliphatic heterocycles. The molecule has 1 aliphatic rings. The number of likely N-dealkylation sites (N-methyl/N-ethyl adjacent to an activating group) is 1. The number of rotatable bonds is 5. The average Bonchev–Trinajstić information content (AvgIpc) is 2.27. The van der Waals surface area contributed by atoms with Gasteiger partial charge in [-0.3, -0.25) is 4.55 Å². The van der Waals surface area contributed by atoms with Crippen LogP contribution in [0.4, 0.5) is 4.79 Å². The van der Waals surface area contributed by atoms with Crippen LogP contribution in [0.3, 0.4) is 0 Å². The number of carbonyl (C=O) groups excluding carboxylic acids is 1. The molecule has 0 radical (unpaired) electrons. The predicted octanol–water partition coefficient (Wildman–Crippen LogP) is 1.64. The molecule has 0 aromatic rings. The highest BCUT2D eigenvalue weighted by atomic mass is 32.2. The molecule has 0 aliphatic carbocycles. The summed E-state index contributed by atoms with van der Waals surface area (Å²) in [4.78, 5) is 13.9. The SMILES string of the molecule is CN1CC(NC(=O)OC(C)(C)C)CCC1CCCS(=O)(=O)O. The Balaban J connectivity index is 2.35. The van der Waals surface area contributed by atoms with Gasteiger partial charge in [0.25, 0.3) is 10.1 Å². The Morgan fingerprint density at radius 2 is 2.00 bits per heavy atom. The van der Waals surface area contributed by atoms with Crippen LogP contribution in [0, 0.1) is 0 Å². The zero-order valence-electron chi connectivity index (χ0n) is 13.8. The minimum atomic E-state index is -3.88. The highest BCUT2D eigenvalue weighted by molar-refractivity contribution is 7.85. The molecule has 7 nitrogen and oxygen atoms in total. The second-order valence-electron chi connectivity index (χ2n) is 6.94. The van der Waals surface area contributed by atoms with Gasteiger partial charge in [0.05, 0.1) is 5.75 Å². The van der Waals surface area contributed by atoms with Gasteiger partial charge in [0.1, 0.15) is 5.60 Å². The number of amides is 1. The zero-order valence-corrected chi connectivity index (χ0v) is 14.6. The molecule has 0 spiro atoms. The van der Waals surface area contributed by atoms with E-state index in [2.05, 4.69) is 10.2 Å². The van der Waals surface area contributed by atoms with Crippen molar-refractivity contribution in [3.63, 3.8) is 0 Å². The molecule has 1 amide bonds. The number of hydrogen-bond donors (Lipinski definition) is 2. The first kappa shape index (κ1) is 19.2. The summed E-state index contributed by atoms with van der Waals surface area (Å²) >= 11 is 0. The monoisotopic (exact) mass is 336 g/mol. The van der Waals surface area contributed by atoms with Gasteiger partial charge in [0, 0.05) is 18.6 Å². The third-order valence-corrected chi connectivity index (χ3v) is 4.45. The third kappa shape index (κ3) is 7.95. The number of nitrogens with one attached hydrogen (secondary N) is 1. The van der Waals surface area contributed by atoms with E-state index in [0.717, 1.165) is 19.3 Å². The van der Waals surface area contributed by atoms with Crippen molar-refractivity contribution in [1.82, 2.24) is 10.2 Å². The summed E-state index contributed by atoms with van der Waals surface area (Å²) in [6.07, 6.45) is 2.46. The second kappa shape index (κ2) is 7.61. The van der Waals surface area contributed by atoms with Crippen molar-refractivity contribution in [3.05, 3.63) is 0 Å². The van der Waals surface area contributed by atoms with Crippen LogP contribution in [0.1, 0.15) is 46.5 Å². The fourth-order valence-electron chi connectivity index (χ4n) is 2.66. The summed E-state index contributed by atoms with van der Waals surface area (Å²) in [5.74, 6) is -0.197. The molecule has 0 aromatic carbocycles. The summed E-state index contributed by atoms with van der Waals surface area (Å²) in [5.41, 5.74) is -0.511. The van der Waals surface area contributed by atoms with Gasteiger partial charge < -0.3 is 15.0 Å². The molecule has 2 N–H and O–H groups in total. The smallest absolute Gasteiger partial charge is 0.407 e. The van der Waals surface area contributed by atoms with Crippen LogP contribution in [-0.2, 0) is 14.9 Å². The number of alkyl carbamates (subject to hydrolysis) is 1. The molecule has 1 fully saturated rings. The molecule has 0 saturated carbocycles. The topological polar surface area (TPSA) is 95.9 Å². The molecule has 8 heteroatoms. The minimum absolute atomic E-state index is 0.0395. The Bertz CT molecular complexity index is 472. The Hall–Kier alpha value is -0.860. The normalized spacial score (nSPS) is 24.0. The number of nitrogens with zero attached hydrogens (tertiary/aromatic N) is 1. The fourth-order valence-corrected chi connectivity index (χ4v) is 3.19. The van der Waals surface area contributed by atoms with Gasteiger partial charge in [-0.1, -0.05) is 0 Å². The van der Waals surface area contributed by atoms with Gasteiger partial charge in [0.2, 0.25) is 0 Å². The highest BCUT2D eigenvalue weighted by Crippen LogP contribution is 2.20. The van der Waals surface area contributed by atoms with E-state index in [4.69, 9.17) is 9.29 Å². The quantitative estimate of drug-likeness (QED) is 0.741. The lowest BCUT2D eigenvalue weighted by Gasteiger charge is -2.37. The molecular weight excluding hydrogens is 308 g/mol. The third-order valence-electron chi connectivity index (χ3n) is 3.64. The van der Waals surface area contributed by atoms with E-state index in [9.17, 15) is 13.2 Å². The largest absolute Gasteiger partial charge is 0.444 e. The maximum absolute atomic E-state index is 11.8. The van der Waals surface area contributed by atoms with Gasteiger partial charge >= 0.3 is 6.09 Å². The van der Waals surface area contributed by atoms with Crippen LogP contribution in [0.5, 0.6) is 0 Å². The van der Waals surface area contributed by atoms with Crippen LogP contribution in [0.15, 0.2) is 0 Å². The van der Waals surface area contributed by atoms with E-state index in [1.807, 2.05) is 27.8 Å². The lowest BCUT2D eigenvalue weighted by molar-refractivity contribution is 0.0456. The summed E-state index contributed by atoms with van der Waals surface area (Å²) < 4.78 is 35.4. The fraction of sp³-hybridized carbons (Fsp3) is 0.929. The number of piperidine rings is 1. The van der Waals surface area contributed by atoms with E-state index in [-0.39, 0.29) is 17.8 Å². The van der Waals surface area contributed by atoms with Crippen molar-refractivity contribution in [3.8, 4) is 0 Å². The lowest BCUT2D eigenvalue weighted by Crippen LogP contribution is -2.51. The van der Waals surface area contributed by atoms with E-state index >= 15 is 0 Å². The maximum atomic E-state index is 11.8. The van der Waals surface area contributed by atoms with Gasteiger partial charge in [-0.25, -0.2) is 4.79 Å². The summed E-state index contributed by atoms with van der Waals surface area (Å²) in [6.45, 7) is 6.18. The van der Waals surface area contributed by atoms with Gasteiger partial charge in [-0.05, 0) is 53.5 Å². The van der Waals surface area contributed by atoms with Crippen molar-refractivity contribution in [2.75, 3.05) is 19.3 Å². The van der Waals surface area contributed by atoms with Crippen molar-refractivity contribution >= 4 is 16.2 Å². The molecule has 130 valence electrons. The number of hydrogen-bond acceptors (Lipinski definition) is 5. The van der Waals surface area contributed by atoms with Crippen molar-refractivity contribution in [2.45, 2.75) is 64.1 Å². The Morgan fingerprint density at radius 1 is 1.36 bits per heavy atom.